The van der Waals surface area contributed by atoms with Crippen LogP contribution in [0.1, 0.15) is 30.6 Å². The molecule has 0 saturated heterocycles. The van der Waals surface area contributed by atoms with Crippen LogP contribution in [0, 0.1) is 0 Å². The number of hydrogen-bond donors (Lipinski definition) is 1. The maximum Gasteiger partial charge on any atom is 0.305 e. The molecule has 5 nitrogen and oxygen atoms in total. The van der Waals surface area contributed by atoms with Gasteiger partial charge >= 0.3 is 5.97 Å². The first-order chi connectivity index (χ1) is 8.41. The van der Waals surface area contributed by atoms with Crippen molar-refractivity contribution in [3.05, 3.63) is 29.8 Å². The molecule has 0 bridgehead atoms. The van der Waals surface area contributed by atoms with Crippen molar-refractivity contribution in [3.8, 4) is 0 Å². The second-order valence-electron chi connectivity index (χ2n) is 3.92. The number of nitrogens with zero attached hydrogens (tertiary/aromatic N) is 1. The average Bonchev–Trinajstić information content (AvgIpc) is 2.28. The van der Waals surface area contributed by atoms with Gasteiger partial charge in [-0.25, -0.2) is 0 Å². The summed E-state index contributed by atoms with van der Waals surface area (Å²) in [4.78, 5) is 34.6. The Hall–Kier alpha value is -2.17. The molecule has 0 fully saturated rings. The third-order valence-corrected chi connectivity index (χ3v) is 2.49. The monoisotopic (exact) mass is 249 g/mol. The number of hydrogen-bond acceptors (Lipinski definition) is 3. The fourth-order valence-electron chi connectivity index (χ4n) is 1.57. The van der Waals surface area contributed by atoms with Crippen molar-refractivity contribution in [1.82, 2.24) is 0 Å². The maximum atomic E-state index is 11.5. The Labute approximate surface area is 105 Å². The number of Topliss-reactive ketones (excluding diaryl/α,β-unsaturated/α-hetero) is 1. The number of carbonyl (C=O) groups excluding carboxylic acids is 2. The van der Waals surface area contributed by atoms with E-state index in [2.05, 4.69) is 0 Å². The number of benzene rings is 1. The summed E-state index contributed by atoms with van der Waals surface area (Å²) in [6.45, 7) is 2.89. The molecule has 0 atom stereocenters. The minimum atomic E-state index is -0.969. The van der Waals surface area contributed by atoms with Crippen molar-refractivity contribution in [2.24, 2.45) is 0 Å². The smallest absolute Gasteiger partial charge is 0.305 e. The molecule has 1 amide bonds. The van der Waals surface area contributed by atoms with Gasteiger partial charge in [-0.15, -0.1) is 0 Å². The van der Waals surface area contributed by atoms with Crippen molar-refractivity contribution in [1.29, 1.82) is 0 Å². The van der Waals surface area contributed by atoms with E-state index in [1.807, 2.05) is 0 Å². The molecule has 96 valence electrons. The van der Waals surface area contributed by atoms with E-state index in [0.717, 1.165) is 0 Å². The predicted octanol–water partition coefficient (Wildman–Crippen LogP) is 1.72. The number of carboxylic acids is 1. The van der Waals surface area contributed by atoms with Crippen LogP contribution in [0.5, 0.6) is 0 Å². The van der Waals surface area contributed by atoms with E-state index in [9.17, 15) is 14.4 Å². The fraction of sp³-hybridized carbons (Fsp3) is 0.308. The molecule has 0 heterocycles. The number of amides is 1. The first-order valence-electron chi connectivity index (χ1n) is 5.52. The molecule has 0 aliphatic rings. The second kappa shape index (κ2) is 5.95. The largest absolute Gasteiger partial charge is 0.481 e. The maximum absolute atomic E-state index is 11.5. The highest BCUT2D eigenvalue weighted by atomic mass is 16.4. The highest BCUT2D eigenvalue weighted by molar-refractivity contribution is 5.97. The highest BCUT2D eigenvalue weighted by Crippen LogP contribution is 2.17. The van der Waals surface area contributed by atoms with Gasteiger partial charge in [0, 0.05) is 24.7 Å². The standard InChI is InChI=1S/C13H15NO4/c1-9(15)11-4-3-5-12(8-11)14(10(2)16)7-6-13(17)18/h3-5,8H,6-7H2,1-2H3,(H,17,18). The van der Waals surface area contributed by atoms with Crippen molar-refractivity contribution >= 4 is 23.3 Å². The molecule has 1 aromatic carbocycles. The Kier molecular flexibility index (Phi) is 4.59. The van der Waals surface area contributed by atoms with Gasteiger partial charge in [0.1, 0.15) is 0 Å². The fourth-order valence-corrected chi connectivity index (χ4v) is 1.57. The molecule has 5 heteroatoms. The number of aliphatic carboxylic acids is 1. The van der Waals surface area contributed by atoms with Crippen LogP contribution in [0.4, 0.5) is 5.69 Å². The van der Waals surface area contributed by atoms with Crippen LogP contribution in [0.3, 0.4) is 0 Å². The zero-order valence-electron chi connectivity index (χ0n) is 10.3. The molecule has 1 rings (SSSR count). The molecule has 18 heavy (non-hydrogen) atoms. The summed E-state index contributed by atoms with van der Waals surface area (Å²) in [5.74, 6) is -1.32. The Morgan fingerprint density at radius 2 is 1.89 bits per heavy atom. The van der Waals surface area contributed by atoms with Crippen LogP contribution in [-0.4, -0.2) is 29.3 Å². The Balaban J connectivity index is 2.98. The van der Waals surface area contributed by atoms with Crippen molar-refractivity contribution < 1.29 is 19.5 Å². The summed E-state index contributed by atoms with van der Waals surface area (Å²) in [6.07, 6.45) is -0.135. The lowest BCUT2D eigenvalue weighted by molar-refractivity contribution is -0.136. The van der Waals surface area contributed by atoms with E-state index in [-0.39, 0.29) is 24.7 Å². The summed E-state index contributed by atoms with van der Waals surface area (Å²) in [6, 6.07) is 6.59. The Morgan fingerprint density at radius 1 is 1.22 bits per heavy atom. The lowest BCUT2D eigenvalue weighted by Crippen LogP contribution is -2.30. The van der Waals surface area contributed by atoms with Gasteiger partial charge in [0.15, 0.2) is 5.78 Å². The van der Waals surface area contributed by atoms with Crippen molar-refractivity contribution in [3.63, 3.8) is 0 Å². The lowest BCUT2D eigenvalue weighted by Gasteiger charge is -2.20. The molecule has 0 aliphatic carbocycles. The van der Waals surface area contributed by atoms with Crippen LogP contribution in [0.15, 0.2) is 24.3 Å². The minimum Gasteiger partial charge on any atom is -0.481 e. The Bertz CT molecular complexity index is 482. The van der Waals surface area contributed by atoms with E-state index in [0.29, 0.717) is 11.3 Å². The van der Waals surface area contributed by atoms with E-state index < -0.39 is 5.97 Å². The van der Waals surface area contributed by atoms with Gasteiger partial charge in [-0.1, -0.05) is 12.1 Å². The number of rotatable bonds is 5. The lowest BCUT2D eigenvalue weighted by atomic mass is 10.1. The van der Waals surface area contributed by atoms with Gasteiger partial charge in [-0.05, 0) is 19.1 Å². The van der Waals surface area contributed by atoms with Crippen LogP contribution in [0.25, 0.3) is 0 Å². The zero-order chi connectivity index (χ0) is 13.7. The van der Waals surface area contributed by atoms with Gasteiger partial charge < -0.3 is 10.0 Å². The summed E-state index contributed by atoms with van der Waals surface area (Å²) in [5, 5.41) is 8.64. The summed E-state index contributed by atoms with van der Waals surface area (Å²) in [5.41, 5.74) is 1.03. The summed E-state index contributed by atoms with van der Waals surface area (Å²) >= 11 is 0. The normalized spacial score (nSPS) is 9.89. The third-order valence-electron chi connectivity index (χ3n) is 2.49. The zero-order valence-corrected chi connectivity index (χ0v) is 10.3. The van der Waals surface area contributed by atoms with E-state index in [1.165, 1.54) is 18.7 Å². The molecular weight excluding hydrogens is 234 g/mol. The van der Waals surface area contributed by atoms with E-state index >= 15 is 0 Å². The number of carboxylic acid groups (broad SMARTS) is 1. The van der Waals surface area contributed by atoms with Gasteiger partial charge in [0.25, 0.3) is 0 Å². The number of carbonyl (C=O) groups is 3. The van der Waals surface area contributed by atoms with Crippen molar-refractivity contribution in [2.45, 2.75) is 20.3 Å². The third kappa shape index (κ3) is 3.69. The molecule has 0 aromatic heterocycles. The summed E-state index contributed by atoms with van der Waals surface area (Å²) in [7, 11) is 0. The molecule has 1 N–H and O–H groups in total. The van der Waals surface area contributed by atoms with Gasteiger partial charge in [-0.2, -0.15) is 0 Å². The van der Waals surface area contributed by atoms with Gasteiger partial charge in [0.2, 0.25) is 5.91 Å². The first-order valence-corrected chi connectivity index (χ1v) is 5.52. The second-order valence-corrected chi connectivity index (χ2v) is 3.92. The number of anilines is 1. The van der Waals surface area contributed by atoms with Crippen LogP contribution >= 0.6 is 0 Å². The molecular formula is C13H15NO4. The molecule has 1 aromatic rings. The SMILES string of the molecule is CC(=O)c1cccc(N(CCC(=O)O)C(C)=O)c1. The van der Waals surface area contributed by atoms with Gasteiger partial charge in [-0.3, -0.25) is 14.4 Å². The molecule has 0 radical (unpaired) electrons. The highest BCUT2D eigenvalue weighted by Gasteiger charge is 2.14. The van der Waals surface area contributed by atoms with Crippen LogP contribution < -0.4 is 4.90 Å². The Morgan fingerprint density at radius 3 is 2.39 bits per heavy atom. The molecule has 0 saturated carbocycles. The van der Waals surface area contributed by atoms with Crippen molar-refractivity contribution in [2.75, 3.05) is 11.4 Å². The van der Waals surface area contributed by atoms with Crippen LogP contribution in [-0.2, 0) is 9.59 Å². The van der Waals surface area contributed by atoms with Crippen LogP contribution in [0.2, 0.25) is 0 Å². The quantitative estimate of drug-likeness (QED) is 0.806. The average molecular weight is 249 g/mol. The molecule has 0 aliphatic heterocycles. The van der Waals surface area contributed by atoms with E-state index in [4.69, 9.17) is 5.11 Å². The molecule has 0 unspecified atom stereocenters. The first kappa shape index (κ1) is 13.9. The molecule has 0 spiro atoms. The predicted molar refractivity (Wildman–Crippen MR) is 66.7 cm³/mol. The summed E-state index contributed by atoms with van der Waals surface area (Å²) < 4.78 is 0. The van der Waals surface area contributed by atoms with Gasteiger partial charge in [0.05, 0.1) is 6.42 Å². The topological polar surface area (TPSA) is 74.7 Å². The van der Waals surface area contributed by atoms with E-state index in [1.54, 1.807) is 24.3 Å². The minimum absolute atomic E-state index is 0.0893. The number of ketones is 1.